The molecule has 0 bridgehead atoms. The molecule has 0 unspecified atom stereocenters. The van der Waals surface area contributed by atoms with Crippen LogP contribution in [-0.4, -0.2) is 34.9 Å². The molecule has 2 aliphatic heterocycles. The van der Waals surface area contributed by atoms with E-state index in [2.05, 4.69) is 0 Å². The maximum Gasteiger partial charge on any atom is 0.296 e. The van der Waals surface area contributed by atoms with Crippen LogP contribution in [0.4, 0.5) is 0 Å². The first kappa shape index (κ1) is 20.2. The zero-order valence-corrected chi connectivity index (χ0v) is 17.5. The number of hydrogen-bond acceptors (Lipinski definition) is 6. The smallest absolute Gasteiger partial charge is 0.296 e. The molecule has 0 aliphatic carbocycles. The number of fused-ring (bicyclic) bond motifs is 1. The number of hydrogen-bond donors (Lipinski definition) is 1. The number of carbonyl (C=O) groups is 2. The van der Waals surface area contributed by atoms with E-state index in [1.54, 1.807) is 54.6 Å². The molecule has 162 valence electrons. The van der Waals surface area contributed by atoms with Crippen molar-refractivity contribution in [2.24, 2.45) is 0 Å². The van der Waals surface area contributed by atoms with Gasteiger partial charge in [0.05, 0.1) is 24.4 Å². The molecule has 5 rings (SSSR count). The first-order valence-electron chi connectivity index (χ1n) is 9.99. The molecule has 2 aromatic carbocycles. The van der Waals surface area contributed by atoms with Crippen LogP contribution in [0.15, 0.2) is 70.9 Å². The van der Waals surface area contributed by atoms with Crippen molar-refractivity contribution in [2.75, 3.05) is 13.2 Å². The summed E-state index contributed by atoms with van der Waals surface area (Å²) in [4.78, 5) is 27.5. The molecule has 1 aromatic heterocycles. The minimum absolute atomic E-state index is 0.0273. The zero-order chi connectivity index (χ0) is 22.2. The van der Waals surface area contributed by atoms with Gasteiger partial charge in [-0.1, -0.05) is 23.7 Å². The molecule has 0 spiro atoms. The van der Waals surface area contributed by atoms with Gasteiger partial charge >= 0.3 is 0 Å². The summed E-state index contributed by atoms with van der Waals surface area (Å²) in [5.74, 6) is -0.285. The van der Waals surface area contributed by atoms with Gasteiger partial charge in [0.25, 0.3) is 11.7 Å². The summed E-state index contributed by atoms with van der Waals surface area (Å²) >= 11 is 6.19. The average Bonchev–Trinajstić information content (AvgIpc) is 3.41. The number of benzene rings is 2. The fourth-order valence-electron chi connectivity index (χ4n) is 3.98. The molecule has 32 heavy (non-hydrogen) atoms. The maximum atomic E-state index is 13.1. The molecule has 7 nitrogen and oxygen atoms in total. The molecule has 1 atom stereocenters. The van der Waals surface area contributed by atoms with Gasteiger partial charge in [0.15, 0.2) is 11.5 Å². The van der Waals surface area contributed by atoms with Crippen molar-refractivity contribution in [1.82, 2.24) is 4.90 Å². The predicted molar refractivity (Wildman–Crippen MR) is 115 cm³/mol. The molecule has 1 amide bonds. The van der Waals surface area contributed by atoms with Crippen molar-refractivity contribution >= 4 is 29.1 Å². The van der Waals surface area contributed by atoms with Crippen LogP contribution < -0.4 is 9.47 Å². The highest BCUT2D eigenvalue weighted by Crippen LogP contribution is 2.42. The Labute approximate surface area is 188 Å². The molecular formula is C24H18ClNO6. The third kappa shape index (κ3) is 3.50. The van der Waals surface area contributed by atoms with E-state index in [-0.39, 0.29) is 17.9 Å². The van der Waals surface area contributed by atoms with Crippen LogP contribution in [0.3, 0.4) is 0 Å². The third-order valence-electron chi connectivity index (χ3n) is 5.43. The number of rotatable bonds is 4. The number of carbonyl (C=O) groups excluding carboxylic acids is 2. The number of ketones is 1. The summed E-state index contributed by atoms with van der Waals surface area (Å²) in [5, 5.41) is 11.6. The topological polar surface area (TPSA) is 89.2 Å². The Morgan fingerprint density at radius 1 is 1.03 bits per heavy atom. The van der Waals surface area contributed by atoms with Gasteiger partial charge in [-0.15, -0.1) is 0 Å². The molecule has 0 radical (unpaired) electrons. The second kappa shape index (κ2) is 8.09. The Bertz CT molecular complexity index is 1230. The fourth-order valence-corrected chi connectivity index (χ4v) is 4.18. The van der Waals surface area contributed by atoms with Gasteiger partial charge < -0.3 is 23.9 Å². The zero-order valence-electron chi connectivity index (χ0n) is 16.8. The highest BCUT2D eigenvalue weighted by molar-refractivity contribution is 6.46. The van der Waals surface area contributed by atoms with E-state index in [0.29, 0.717) is 46.6 Å². The highest BCUT2D eigenvalue weighted by Gasteiger charge is 2.46. The summed E-state index contributed by atoms with van der Waals surface area (Å²) < 4.78 is 16.5. The van der Waals surface area contributed by atoms with E-state index >= 15 is 0 Å². The van der Waals surface area contributed by atoms with E-state index in [1.165, 1.54) is 11.2 Å². The number of aliphatic hydroxyl groups excluding tert-OH is 1. The summed E-state index contributed by atoms with van der Waals surface area (Å²) in [7, 11) is 0. The number of Topliss-reactive ketones (excluding diaryl/α,β-unsaturated/α-hetero) is 1. The predicted octanol–water partition coefficient (Wildman–Crippen LogP) is 4.33. The lowest BCUT2D eigenvalue weighted by Gasteiger charge is -2.25. The number of halogens is 1. The first-order chi connectivity index (χ1) is 15.5. The average molecular weight is 452 g/mol. The molecule has 3 aromatic rings. The number of aliphatic hydroxyl groups is 1. The summed E-state index contributed by atoms with van der Waals surface area (Å²) in [5.41, 5.74) is 0.917. The monoisotopic (exact) mass is 451 g/mol. The second-order valence-electron chi connectivity index (χ2n) is 7.42. The van der Waals surface area contributed by atoms with Crippen molar-refractivity contribution in [2.45, 2.75) is 12.6 Å². The standard InChI is InChI=1S/C24H18ClNO6/c25-16-4-1-3-14(11-16)21-20(23(28)24(29)26(21)13-17-5-2-8-30-17)22(27)15-6-7-18-19(12-15)32-10-9-31-18/h1-8,11-12,21,27H,9-10,13H2/b22-20+/t21-/m1/s1. The van der Waals surface area contributed by atoms with Gasteiger partial charge in [-0.3, -0.25) is 9.59 Å². The SMILES string of the molecule is O=C1C(=O)N(Cc2ccco2)[C@H](c2cccc(Cl)c2)/C1=C(\O)c1ccc2c(c1)OCCO2. The Morgan fingerprint density at radius 3 is 2.59 bits per heavy atom. The molecule has 0 saturated carbocycles. The number of ether oxygens (including phenoxy) is 2. The van der Waals surface area contributed by atoms with Crippen LogP contribution in [-0.2, 0) is 16.1 Å². The van der Waals surface area contributed by atoms with Crippen LogP contribution in [0.2, 0.25) is 5.02 Å². The largest absolute Gasteiger partial charge is 0.507 e. The van der Waals surface area contributed by atoms with Crippen LogP contribution in [0.25, 0.3) is 5.76 Å². The number of nitrogens with zero attached hydrogens (tertiary/aromatic N) is 1. The molecule has 1 saturated heterocycles. The molecule has 1 fully saturated rings. The molecule has 1 N–H and O–H groups in total. The van der Waals surface area contributed by atoms with E-state index in [4.69, 9.17) is 25.5 Å². The fraction of sp³-hybridized carbons (Fsp3) is 0.167. The normalized spacial score (nSPS) is 19.4. The van der Waals surface area contributed by atoms with Crippen molar-refractivity contribution < 1.29 is 28.6 Å². The summed E-state index contributed by atoms with van der Waals surface area (Å²) in [6, 6.07) is 14.3. The van der Waals surface area contributed by atoms with E-state index in [1.807, 2.05) is 0 Å². The summed E-state index contributed by atoms with van der Waals surface area (Å²) in [6.45, 7) is 0.880. The van der Waals surface area contributed by atoms with Gasteiger partial charge in [0.2, 0.25) is 0 Å². The quantitative estimate of drug-likeness (QED) is 0.361. The molecule has 2 aliphatic rings. The number of amides is 1. The first-order valence-corrected chi connectivity index (χ1v) is 10.4. The second-order valence-corrected chi connectivity index (χ2v) is 7.86. The molecule has 3 heterocycles. The Kier molecular flexibility index (Phi) is 5.11. The van der Waals surface area contributed by atoms with Crippen LogP contribution in [0, 0.1) is 0 Å². The molecule has 8 heteroatoms. The van der Waals surface area contributed by atoms with Gasteiger partial charge in [-0.2, -0.15) is 0 Å². The van der Waals surface area contributed by atoms with E-state index in [0.717, 1.165) is 0 Å². The van der Waals surface area contributed by atoms with Crippen LogP contribution in [0.1, 0.15) is 22.9 Å². The van der Waals surface area contributed by atoms with Gasteiger partial charge in [-0.25, -0.2) is 0 Å². The Balaban J connectivity index is 1.64. The Morgan fingerprint density at radius 2 is 1.84 bits per heavy atom. The maximum absolute atomic E-state index is 13.1. The van der Waals surface area contributed by atoms with Crippen molar-refractivity contribution in [3.63, 3.8) is 0 Å². The van der Waals surface area contributed by atoms with Crippen molar-refractivity contribution in [1.29, 1.82) is 0 Å². The van der Waals surface area contributed by atoms with Crippen molar-refractivity contribution in [3.8, 4) is 11.5 Å². The van der Waals surface area contributed by atoms with Crippen LogP contribution >= 0.6 is 11.6 Å². The lowest BCUT2D eigenvalue weighted by molar-refractivity contribution is -0.140. The van der Waals surface area contributed by atoms with Crippen molar-refractivity contribution in [3.05, 3.63) is 88.3 Å². The molecular weight excluding hydrogens is 434 g/mol. The summed E-state index contributed by atoms with van der Waals surface area (Å²) in [6.07, 6.45) is 1.50. The van der Waals surface area contributed by atoms with Gasteiger partial charge in [-0.05, 0) is 48.0 Å². The number of furan rings is 1. The minimum Gasteiger partial charge on any atom is -0.507 e. The third-order valence-corrected chi connectivity index (χ3v) is 5.66. The van der Waals surface area contributed by atoms with Gasteiger partial charge in [0, 0.05) is 10.6 Å². The van der Waals surface area contributed by atoms with Crippen LogP contribution in [0.5, 0.6) is 11.5 Å². The highest BCUT2D eigenvalue weighted by atomic mass is 35.5. The lowest BCUT2D eigenvalue weighted by atomic mass is 9.95. The number of likely N-dealkylation sites (tertiary alicyclic amines) is 1. The minimum atomic E-state index is -0.841. The van der Waals surface area contributed by atoms with E-state index < -0.39 is 17.7 Å². The Hall–Kier alpha value is -3.71. The van der Waals surface area contributed by atoms with Gasteiger partial charge in [0.1, 0.15) is 24.7 Å². The lowest BCUT2D eigenvalue weighted by Crippen LogP contribution is -2.29. The van der Waals surface area contributed by atoms with E-state index in [9.17, 15) is 14.7 Å².